The van der Waals surface area contributed by atoms with Crippen LogP contribution in [-0.4, -0.2) is 24.9 Å². The zero-order valence-electron chi connectivity index (χ0n) is 24.7. The van der Waals surface area contributed by atoms with Crippen LogP contribution in [0.4, 0.5) is 0 Å². The number of rotatable bonds is 5. The Labute approximate surface area is 266 Å². The average Bonchev–Trinajstić information content (AvgIpc) is 3.01. The molecule has 0 aliphatic carbocycles. The summed E-state index contributed by atoms with van der Waals surface area (Å²) in [7, 11) is 0. The van der Waals surface area contributed by atoms with Crippen molar-refractivity contribution in [2.24, 2.45) is 5.73 Å². The average molecular weight is 740 g/mol. The second kappa shape index (κ2) is 14.6. The molecular formula is C36H33N6Os. The molecule has 215 valence electrons. The minimum absolute atomic E-state index is 0. The number of pyridine rings is 5. The van der Waals surface area contributed by atoms with Crippen molar-refractivity contribution in [1.82, 2.24) is 24.9 Å². The van der Waals surface area contributed by atoms with E-state index in [9.17, 15) is 0 Å². The standard InChI is InChI=1S/C24H21N4.C12H12N2.Os/c1-16-6-8-27-23(9-16)24-11-17(2)10-22(28-24)20-13-18(15-25)12-19(14-20)21-5-3-4-7-26-21;1-9-3-5-13-11(7-9)12-8-10(2)4-6-14-12;/h3-13H,15,25H2,1-2H3;3-8H,1-2H3;/q-1;;+1. The smallest absolute Gasteiger partial charge is 0.328 e. The zero-order valence-corrected chi connectivity index (χ0v) is 27.2. The quantitative estimate of drug-likeness (QED) is 0.184. The summed E-state index contributed by atoms with van der Waals surface area (Å²) in [5, 5.41) is 0. The van der Waals surface area contributed by atoms with E-state index in [1.165, 1.54) is 11.1 Å². The number of aryl methyl sites for hydroxylation is 4. The van der Waals surface area contributed by atoms with E-state index in [-0.39, 0.29) is 19.8 Å². The molecule has 0 amide bonds. The van der Waals surface area contributed by atoms with Gasteiger partial charge in [0.15, 0.2) is 0 Å². The minimum Gasteiger partial charge on any atom is -0.328 e. The Kier molecular flexibility index (Phi) is 10.7. The first kappa shape index (κ1) is 31.5. The Morgan fingerprint density at radius 1 is 0.512 bits per heavy atom. The Morgan fingerprint density at radius 3 is 1.47 bits per heavy atom. The Bertz CT molecular complexity index is 1780. The Morgan fingerprint density at radius 2 is 0.977 bits per heavy atom. The topological polar surface area (TPSA) is 90.5 Å². The molecule has 6 rings (SSSR count). The molecule has 1 aromatic carbocycles. The number of aromatic nitrogens is 5. The van der Waals surface area contributed by atoms with Gasteiger partial charge in [-0.2, -0.15) is 0 Å². The van der Waals surface area contributed by atoms with Crippen molar-refractivity contribution in [1.29, 1.82) is 0 Å². The molecule has 0 unspecified atom stereocenters. The van der Waals surface area contributed by atoms with Gasteiger partial charge in [-0.15, -0.1) is 23.8 Å². The zero-order chi connectivity index (χ0) is 29.5. The second-order valence-corrected chi connectivity index (χ2v) is 10.3. The predicted octanol–water partition coefficient (Wildman–Crippen LogP) is 7.51. The molecule has 2 N–H and O–H groups in total. The first-order valence-electron chi connectivity index (χ1n) is 13.8. The molecule has 0 bridgehead atoms. The summed E-state index contributed by atoms with van der Waals surface area (Å²) in [6, 6.07) is 29.6. The SMILES string of the molecule is Cc1ccnc(-c2cc(C)cc(-c3[c-]c(-c4ccccn4)cc(CN)c3)n2)c1.Cc1ccnc(-c2cc(C)ccn2)c1.[Os+]. The van der Waals surface area contributed by atoms with Crippen LogP contribution in [0.1, 0.15) is 27.8 Å². The maximum absolute atomic E-state index is 5.95. The van der Waals surface area contributed by atoms with Gasteiger partial charge >= 0.3 is 19.8 Å². The molecule has 1 radical (unpaired) electrons. The summed E-state index contributed by atoms with van der Waals surface area (Å²) in [6.45, 7) is 8.68. The van der Waals surface area contributed by atoms with E-state index in [1.54, 1.807) is 6.20 Å². The molecule has 0 atom stereocenters. The van der Waals surface area contributed by atoms with Crippen LogP contribution in [0.2, 0.25) is 0 Å². The third-order valence-electron chi connectivity index (χ3n) is 6.62. The van der Waals surface area contributed by atoms with Crippen LogP contribution in [0.3, 0.4) is 0 Å². The van der Waals surface area contributed by atoms with Crippen LogP contribution in [0.15, 0.2) is 104 Å². The molecular weight excluding hydrogens is 707 g/mol. The van der Waals surface area contributed by atoms with Crippen LogP contribution < -0.4 is 5.73 Å². The number of nitrogens with two attached hydrogens (primary N) is 1. The third-order valence-corrected chi connectivity index (χ3v) is 6.62. The van der Waals surface area contributed by atoms with E-state index < -0.39 is 0 Å². The fraction of sp³-hybridized carbons (Fsp3) is 0.139. The molecule has 0 aliphatic rings. The summed E-state index contributed by atoms with van der Waals surface area (Å²) in [4.78, 5) is 22.4. The van der Waals surface area contributed by atoms with Gasteiger partial charge in [0, 0.05) is 42.7 Å². The van der Waals surface area contributed by atoms with E-state index in [0.29, 0.717) is 6.54 Å². The fourth-order valence-electron chi connectivity index (χ4n) is 4.51. The number of hydrogen-bond donors (Lipinski definition) is 1. The summed E-state index contributed by atoms with van der Waals surface area (Å²) >= 11 is 0. The summed E-state index contributed by atoms with van der Waals surface area (Å²) in [6.07, 6.45) is 7.22. The first-order chi connectivity index (χ1) is 20.4. The van der Waals surface area contributed by atoms with E-state index in [4.69, 9.17) is 10.7 Å². The predicted molar refractivity (Wildman–Crippen MR) is 169 cm³/mol. The molecule has 0 saturated heterocycles. The Hall–Kier alpha value is -4.43. The minimum atomic E-state index is 0. The monoisotopic (exact) mass is 741 g/mol. The van der Waals surface area contributed by atoms with Gasteiger partial charge in [0.05, 0.1) is 22.8 Å². The first-order valence-corrected chi connectivity index (χ1v) is 13.8. The number of hydrogen-bond acceptors (Lipinski definition) is 6. The fourth-order valence-corrected chi connectivity index (χ4v) is 4.51. The van der Waals surface area contributed by atoms with Crippen LogP contribution in [-0.2, 0) is 26.3 Å². The number of benzene rings is 1. The second-order valence-electron chi connectivity index (χ2n) is 10.3. The van der Waals surface area contributed by atoms with E-state index in [2.05, 4.69) is 65.8 Å². The van der Waals surface area contributed by atoms with Gasteiger partial charge in [-0.1, -0.05) is 34.9 Å². The molecule has 5 heterocycles. The van der Waals surface area contributed by atoms with Crippen molar-refractivity contribution in [2.45, 2.75) is 34.2 Å². The normalized spacial score (nSPS) is 10.3. The van der Waals surface area contributed by atoms with E-state index in [0.717, 1.165) is 62.0 Å². The Balaban J connectivity index is 0.000000238. The molecule has 0 saturated carbocycles. The molecule has 0 fully saturated rings. The molecule has 5 aromatic heterocycles. The van der Waals surface area contributed by atoms with Crippen LogP contribution in [0.5, 0.6) is 0 Å². The van der Waals surface area contributed by atoms with Gasteiger partial charge in [-0.3, -0.25) is 24.9 Å². The van der Waals surface area contributed by atoms with Gasteiger partial charge in [0.1, 0.15) is 0 Å². The molecule has 7 heteroatoms. The van der Waals surface area contributed by atoms with Crippen LogP contribution >= 0.6 is 0 Å². The van der Waals surface area contributed by atoms with Gasteiger partial charge in [-0.25, -0.2) is 0 Å². The maximum Gasteiger partial charge on any atom is 1.00 e. The van der Waals surface area contributed by atoms with Crippen molar-refractivity contribution in [3.05, 3.63) is 138 Å². The van der Waals surface area contributed by atoms with Gasteiger partial charge in [0.2, 0.25) is 0 Å². The third kappa shape index (κ3) is 8.32. The molecule has 43 heavy (non-hydrogen) atoms. The van der Waals surface area contributed by atoms with Gasteiger partial charge < -0.3 is 5.73 Å². The molecule has 0 spiro atoms. The molecule has 0 aliphatic heterocycles. The molecule has 6 aromatic rings. The van der Waals surface area contributed by atoms with Gasteiger partial charge in [-0.05, 0) is 92.9 Å². The van der Waals surface area contributed by atoms with Crippen LogP contribution in [0, 0.1) is 33.8 Å². The van der Waals surface area contributed by atoms with E-state index >= 15 is 0 Å². The number of nitrogens with zero attached hydrogens (tertiary/aromatic N) is 5. The summed E-state index contributed by atoms with van der Waals surface area (Å²) < 4.78 is 0. The van der Waals surface area contributed by atoms with Crippen molar-refractivity contribution in [3.8, 4) is 45.3 Å². The summed E-state index contributed by atoms with van der Waals surface area (Å²) in [5.41, 5.74) is 18.8. The summed E-state index contributed by atoms with van der Waals surface area (Å²) in [5.74, 6) is 0. The van der Waals surface area contributed by atoms with E-state index in [1.807, 2.05) is 85.3 Å². The van der Waals surface area contributed by atoms with Gasteiger partial charge in [0.25, 0.3) is 0 Å². The van der Waals surface area contributed by atoms with Crippen molar-refractivity contribution < 1.29 is 19.8 Å². The van der Waals surface area contributed by atoms with Crippen molar-refractivity contribution in [3.63, 3.8) is 0 Å². The molecule has 6 nitrogen and oxygen atoms in total. The largest absolute Gasteiger partial charge is 1.00 e. The van der Waals surface area contributed by atoms with Crippen molar-refractivity contribution >= 4 is 0 Å². The van der Waals surface area contributed by atoms with Crippen molar-refractivity contribution in [2.75, 3.05) is 0 Å². The van der Waals surface area contributed by atoms with Crippen LogP contribution in [0.25, 0.3) is 45.3 Å². The maximum atomic E-state index is 5.95.